The minimum absolute atomic E-state index is 0.0541. The monoisotopic (exact) mass is 617 g/mol. The van der Waals surface area contributed by atoms with Gasteiger partial charge in [-0.05, 0) is 68.5 Å². The van der Waals surface area contributed by atoms with E-state index in [0.717, 1.165) is 44.9 Å². The first-order valence-corrected chi connectivity index (χ1v) is 16.8. The highest BCUT2D eigenvalue weighted by Crippen LogP contribution is 2.60. The predicted molar refractivity (Wildman–Crippen MR) is 167 cm³/mol. The van der Waals surface area contributed by atoms with Crippen LogP contribution >= 0.6 is 11.8 Å². The lowest BCUT2D eigenvalue weighted by atomic mass is 9.50. The minimum Gasteiger partial charge on any atom is -0.494 e. The van der Waals surface area contributed by atoms with Crippen LogP contribution in [-0.4, -0.2) is 93.6 Å². The second-order valence-corrected chi connectivity index (χ2v) is 14.6. The van der Waals surface area contributed by atoms with Gasteiger partial charge >= 0.3 is 5.69 Å². The van der Waals surface area contributed by atoms with Gasteiger partial charge in [0, 0.05) is 46.2 Å². The SMILES string of the molecule is CCSC(=NC)c1c(O)n(CC2CCCC2)c(=O)n(C2CCC3(CC2)CC(C(=O)N(C)C)(N(C=O)CC2COC2)C3)c1=O. The normalized spacial score (nSPS) is 28.0. The summed E-state index contributed by atoms with van der Waals surface area (Å²) in [5, 5.41) is 11.7. The van der Waals surface area contributed by atoms with Crippen LogP contribution in [0, 0.1) is 17.3 Å². The van der Waals surface area contributed by atoms with E-state index in [1.807, 2.05) is 6.92 Å². The van der Waals surface area contributed by atoms with Gasteiger partial charge in [0.05, 0.1) is 13.2 Å². The Morgan fingerprint density at radius 3 is 2.28 bits per heavy atom. The number of likely N-dealkylation sites (N-methyl/N-ethyl adjacent to an activating group) is 1. The molecule has 0 atom stereocenters. The van der Waals surface area contributed by atoms with Gasteiger partial charge in [-0.15, -0.1) is 11.8 Å². The van der Waals surface area contributed by atoms with Crippen molar-refractivity contribution in [3.63, 3.8) is 0 Å². The van der Waals surface area contributed by atoms with Gasteiger partial charge in [-0.2, -0.15) is 0 Å². The van der Waals surface area contributed by atoms with Crippen molar-refractivity contribution in [3.8, 4) is 5.88 Å². The van der Waals surface area contributed by atoms with Crippen LogP contribution in [-0.2, 0) is 20.9 Å². The zero-order valence-electron chi connectivity index (χ0n) is 26.0. The molecule has 1 N–H and O–H groups in total. The highest BCUT2D eigenvalue weighted by Gasteiger charge is 2.62. The van der Waals surface area contributed by atoms with Crippen molar-refractivity contribution in [1.82, 2.24) is 18.9 Å². The molecule has 5 rings (SSSR count). The number of thioether (sulfide) groups is 1. The fourth-order valence-corrected chi connectivity index (χ4v) is 8.79. The highest BCUT2D eigenvalue weighted by molar-refractivity contribution is 8.14. The summed E-state index contributed by atoms with van der Waals surface area (Å²) in [4.78, 5) is 61.2. The summed E-state index contributed by atoms with van der Waals surface area (Å²) in [6, 6.07) is -0.307. The molecule has 0 unspecified atom stereocenters. The van der Waals surface area contributed by atoms with Crippen molar-refractivity contribution in [2.45, 2.75) is 89.3 Å². The number of hydrogen-bond donors (Lipinski definition) is 1. The van der Waals surface area contributed by atoms with Crippen molar-refractivity contribution in [1.29, 1.82) is 0 Å². The largest absolute Gasteiger partial charge is 0.494 e. The maximum Gasteiger partial charge on any atom is 0.334 e. The Labute approximate surface area is 257 Å². The number of amides is 2. The lowest BCUT2D eigenvalue weighted by Gasteiger charge is -2.61. The molecule has 0 aromatic carbocycles. The maximum atomic E-state index is 13.9. The molecule has 4 fully saturated rings. The summed E-state index contributed by atoms with van der Waals surface area (Å²) < 4.78 is 8.10. The second-order valence-electron chi connectivity index (χ2n) is 13.4. The Hall–Kier alpha value is -2.60. The lowest BCUT2D eigenvalue weighted by molar-refractivity contribution is -0.175. The molecular formula is C31H47N5O6S. The van der Waals surface area contributed by atoms with Gasteiger partial charge in [0.2, 0.25) is 18.2 Å². The first-order valence-electron chi connectivity index (χ1n) is 15.8. The fraction of sp³-hybridized carbons (Fsp3) is 0.774. The molecule has 1 spiro atoms. The molecule has 11 nitrogen and oxygen atoms in total. The van der Waals surface area contributed by atoms with Crippen LogP contribution in [0.3, 0.4) is 0 Å². The maximum absolute atomic E-state index is 13.9. The van der Waals surface area contributed by atoms with Gasteiger partial charge in [-0.3, -0.25) is 28.5 Å². The van der Waals surface area contributed by atoms with Crippen molar-refractivity contribution in [2.24, 2.45) is 22.2 Å². The van der Waals surface area contributed by atoms with Crippen LogP contribution in [0.15, 0.2) is 14.6 Å². The standard InChI is InChI=1S/C31H47N5O6S/c1-5-43-25(32-2)24-26(38)35(15-21-8-6-7-9-21)29(41)36(27(24)39)23-10-12-30(13-11-23)18-31(19-30,28(40)33(3)4)34(20-37)14-22-16-42-17-22/h20-23,38H,5-19H2,1-4H3. The summed E-state index contributed by atoms with van der Waals surface area (Å²) in [6.07, 6.45) is 8.95. The lowest BCUT2D eigenvalue weighted by Crippen LogP contribution is -2.70. The summed E-state index contributed by atoms with van der Waals surface area (Å²) in [5.41, 5.74) is -1.80. The van der Waals surface area contributed by atoms with E-state index in [0.29, 0.717) is 68.7 Å². The van der Waals surface area contributed by atoms with Crippen LogP contribution in [0.5, 0.6) is 5.88 Å². The van der Waals surface area contributed by atoms with Crippen LogP contribution in [0.25, 0.3) is 0 Å². The van der Waals surface area contributed by atoms with Crippen LogP contribution in [0.2, 0.25) is 0 Å². The Bertz CT molecular complexity index is 1340. The number of ether oxygens (including phenoxy) is 1. The summed E-state index contributed by atoms with van der Waals surface area (Å²) >= 11 is 1.39. The number of aliphatic imine (C=N–C) groups is 1. The molecule has 1 aromatic rings. The van der Waals surface area contributed by atoms with Gasteiger partial charge in [0.1, 0.15) is 16.1 Å². The zero-order chi connectivity index (χ0) is 30.9. The summed E-state index contributed by atoms with van der Waals surface area (Å²) in [6.45, 7) is 4.07. The number of carbonyl (C=O) groups is 2. The van der Waals surface area contributed by atoms with Crippen molar-refractivity contribution in [3.05, 3.63) is 26.4 Å². The molecule has 1 saturated heterocycles. The molecule has 3 saturated carbocycles. The van der Waals surface area contributed by atoms with Crippen LogP contribution < -0.4 is 11.2 Å². The molecular weight excluding hydrogens is 570 g/mol. The van der Waals surface area contributed by atoms with E-state index >= 15 is 0 Å². The molecule has 1 aliphatic heterocycles. The highest BCUT2D eigenvalue weighted by atomic mass is 32.2. The molecule has 1 aromatic heterocycles. The first kappa shape index (κ1) is 31.8. The number of aromatic hydroxyl groups is 1. The number of carbonyl (C=O) groups excluding carboxylic acids is 2. The molecule has 238 valence electrons. The van der Waals surface area contributed by atoms with Gasteiger partial charge in [0.25, 0.3) is 5.56 Å². The zero-order valence-corrected chi connectivity index (χ0v) is 26.9. The van der Waals surface area contributed by atoms with Crippen LogP contribution in [0.1, 0.15) is 82.7 Å². The number of aromatic nitrogens is 2. The molecule has 4 aliphatic rings. The molecule has 0 bridgehead atoms. The third kappa shape index (κ3) is 5.81. The first-order chi connectivity index (χ1) is 20.6. The average Bonchev–Trinajstić information content (AvgIpc) is 3.47. The van der Waals surface area contributed by atoms with E-state index in [-0.39, 0.29) is 34.7 Å². The molecule has 2 amide bonds. The van der Waals surface area contributed by atoms with E-state index in [9.17, 15) is 24.3 Å². The van der Waals surface area contributed by atoms with E-state index in [1.165, 1.54) is 20.9 Å². The quantitative estimate of drug-likeness (QED) is 0.243. The number of rotatable bonds is 10. The predicted octanol–water partition coefficient (Wildman–Crippen LogP) is 2.86. The minimum atomic E-state index is -0.867. The summed E-state index contributed by atoms with van der Waals surface area (Å²) in [5.74, 6) is 0.889. The van der Waals surface area contributed by atoms with Gasteiger partial charge in [-0.1, -0.05) is 19.8 Å². The van der Waals surface area contributed by atoms with E-state index in [1.54, 1.807) is 30.9 Å². The second kappa shape index (κ2) is 12.8. The molecule has 0 radical (unpaired) electrons. The Balaban J connectivity index is 1.42. The molecule has 12 heteroatoms. The van der Waals surface area contributed by atoms with E-state index < -0.39 is 16.8 Å². The molecule has 43 heavy (non-hydrogen) atoms. The fourth-order valence-electron chi connectivity index (χ4n) is 8.06. The van der Waals surface area contributed by atoms with Gasteiger partial charge < -0.3 is 19.6 Å². The molecule has 2 heterocycles. The Morgan fingerprint density at radius 2 is 1.77 bits per heavy atom. The topological polar surface area (TPSA) is 126 Å². The van der Waals surface area contributed by atoms with Crippen molar-refractivity contribution >= 4 is 29.1 Å². The summed E-state index contributed by atoms with van der Waals surface area (Å²) in [7, 11) is 5.07. The smallest absolute Gasteiger partial charge is 0.334 e. The third-order valence-electron chi connectivity index (χ3n) is 10.3. The Morgan fingerprint density at radius 1 is 1.12 bits per heavy atom. The van der Waals surface area contributed by atoms with Gasteiger partial charge in [-0.25, -0.2) is 4.79 Å². The third-order valence-corrected chi connectivity index (χ3v) is 11.3. The van der Waals surface area contributed by atoms with Crippen LogP contribution in [0.4, 0.5) is 0 Å². The number of hydrogen-bond acceptors (Lipinski definition) is 8. The molecule has 3 aliphatic carbocycles. The average molecular weight is 618 g/mol. The van der Waals surface area contributed by atoms with E-state index in [4.69, 9.17) is 4.74 Å². The van der Waals surface area contributed by atoms with E-state index in [2.05, 4.69) is 4.99 Å². The van der Waals surface area contributed by atoms with Crippen molar-refractivity contribution < 1.29 is 19.4 Å². The van der Waals surface area contributed by atoms with Crippen molar-refractivity contribution in [2.75, 3.05) is 46.7 Å². The van der Waals surface area contributed by atoms with Gasteiger partial charge in [0.15, 0.2) is 0 Å². The Kier molecular flexibility index (Phi) is 9.46. The number of nitrogens with zero attached hydrogens (tertiary/aromatic N) is 5.